The van der Waals surface area contributed by atoms with Crippen molar-refractivity contribution in [3.63, 3.8) is 0 Å². The molecule has 0 radical (unpaired) electrons. The Morgan fingerprint density at radius 3 is 2.68 bits per heavy atom. The maximum absolute atomic E-state index is 12.1. The van der Waals surface area contributed by atoms with Crippen molar-refractivity contribution < 1.29 is 0 Å². The lowest BCUT2D eigenvalue weighted by Crippen LogP contribution is -2.47. The van der Waals surface area contributed by atoms with E-state index in [9.17, 15) is 4.79 Å². The number of piperazine rings is 1. The summed E-state index contributed by atoms with van der Waals surface area (Å²) in [6, 6.07) is 5.95. The largest absolute Gasteiger partial charge is 0.369 e. The van der Waals surface area contributed by atoms with Gasteiger partial charge in [-0.15, -0.1) is 0 Å². The molecule has 1 aromatic carbocycles. The predicted molar refractivity (Wildman–Crippen MR) is 97.9 cm³/mol. The van der Waals surface area contributed by atoms with Gasteiger partial charge in [-0.05, 0) is 18.2 Å². The van der Waals surface area contributed by atoms with Gasteiger partial charge < -0.3 is 14.0 Å². The fraction of sp³-hybridized carbons (Fsp3) is 0.389. The molecule has 1 fully saturated rings. The van der Waals surface area contributed by atoms with Gasteiger partial charge >= 0.3 is 0 Å². The third-order valence-corrected chi connectivity index (χ3v) is 4.87. The summed E-state index contributed by atoms with van der Waals surface area (Å²) in [5.41, 5.74) is 1.91. The van der Waals surface area contributed by atoms with Crippen molar-refractivity contribution in [2.75, 3.05) is 37.6 Å². The quantitative estimate of drug-likeness (QED) is 0.709. The molecule has 0 spiro atoms. The van der Waals surface area contributed by atoms with E-state index < -0.39 is 0 Å². The van der Waals surface area contributed by atoms with Gasteiger partial charge in [0.25, 0.3) is 5.56 Å². The van der Waals surface area contributed by atoms with Gasteiger partial charge in [0.2, 0.25) is 0 Å². The van der Waals surface area contributed by atoms with Crippen LogP contribution in [0, 0.1) is 0 Å². The molecule has 1 aliphatic rings. The van der Waals surface area contributed by atoms with Crippen molar-refractivity contribution in [2.45, 2.75) is 6.54 Å². The Labute approximate surface area is 146 Å². The maximum atomic E-state index is 12.1. The second-order valence-electron chi connectivity index (χ2n) is 6.49. The zero-order chi connectivity index (χ0) is 17.2. The lowest BCUT2D eigenvalue weighted by molar-refractivity contribution is 0.248. The summed E-state index contributed by atoms with van der Waals surface area (Å²) in [5.74, 6) is 0. The Balaban J connectivity index is 1.41. The molecule has 3 aromatic rings. The van der Waals surface area contributed by atoms with Crippen LogP contribution in [0.1, 0.15) is 0 Å². The summed E-state index contributed by atoms with van der Waals surface area (Å²) >= 11 is 0. The van der Waals surface area contributed by atoms with E-state index in [-0.39, 0.29) is 5.56 Å². The summed E-state index contributed by atoms with van der Waals surface area (Å²) in [6.07, 6.45) is 7.27. The number of aryl methyl sites for hydroxylation is 1. The first-order valence-corrected chi connectivity index (χ1v) is 8.59. The normalized spacial score (nSPS) is 15.8. The van der Waals surface area contributed by atoms with Gasteiger partial charge in [-0.25, -0.2) is 9.97 Å². The lowest BCUT2D eigenvalue weighted by Gasteiger charge is -2.36. The highest BCUT2D eigenvalue weighted by molar-refractivity contribution is 5.81. The third-order valence-electron chi connectivity index (χ3n) is 4.87. The van der Waals surface area contributed by atoms with Gasteiger partial charge in [0.15, 0.2) is 0 Å². The summed E-state index contributed by atoms with van der Waals surface area (Å²) in [7, 11) is 1.73. The van der Waals surface area contributed by atoms with E-state index in [4.69, 9.17) is 0 Å². The Bertz CT molecular complexity index is 909. The topological polar surface area (TPSA) is 59.2 Å². The number of benzene rings is 1. The van der Waals surface area contributed by atoms with Crippen molar-refractivity contribution >= 4 is 16.6 Å². The van der Waals surface area contributed by atoms with Crippen LogP contribution in [0.2, 0.25) is 0 Å². The van der Waals surface area contributed by atoms with Crippen molar-refractivity contribution in [3.8, 4) is 0 Å². The van der Waals surface area contributed by atoms with Gasteiger partial charge in [-0.1, -0.05) is 0 Å². The molecule has 0 saturated carbocycles. The van der Waals surface area contributed by atoms with Gasteiger partial charge in [-0.3, -0.25) is 9.69 Å². The van der Waals surface area contributed by atoms with Crippen LogP contribution in [0.15, 0.2) is 48.0 Å². The zero-order valence-corrected chi connectivity index (χ0v) is 14.4. The highest BCUT2D eigenvalue weighted by Gasteiger charge is 2.17. The average molecular weight is 338 g/mol. The number of imidazole rings is 1. The first kappa shape index (κ1) is 15.8. The summed E-state index contributed by atoms with van der Waals surface area (Å²) in [6.45, 7) is 6.07. The molecule has 1 aliphatic heterocycles. The molecule has 7 heteroatoms. The van der Waals surface area contributed by atoms with Crippen LogP contribution in [-0.4, -0.2) is 56.7 Å². The average Bonchev–Trinajstić information content (AvgIpc) is 3.17. The minimum atomic E-state index is 0.000807. The Morgan fingerprint density at radius 2 is 1.92 bits per heavy atom. The van der Waals surface area contributed by atoms with Crippen molar-refractivity contribution in [2.24, 2.45) is 7.05 Å². The number of rotatable bonds is 4. The van der Waals surface area contributed by atoms with Crippen LogP contribution in [-0.2, 0) is 13.6 Å². The van der Waals surface area contributed by atoms with Gasteiger partial charge in [-0.2, -0.15) is 0 Å². The Kier molecular flexibility index (Phi) is 4.23. The minimum absolute atomic E-state index is 0.000807. The molecular formula is C18H22N6O. The molecule has 130 valence electrons. The third kappa shape index (κ3) is 3.28. The molecule has 0 amide bonds. The minimum Gasteiger partial charge on any atom is -0.369 e. The van der Waals surface area contributed by atoms with Crippen molar-refractivity contribution in [1.29, 1.82) is 0 Å². The first-order valence-electron chi connectivity index (χ1n) is 8.59. The van der Waals surface area contributed by atoms with Gasteiger partial charge in [0, 0.05) is 64.4 Å². The Morgan fingerprint density at radius 1 is 1.08 bits per heavy atom. The van der Waals surface area contributed by atoms with Crippen LogP contribution < -0.4 is 10.5 Å². The number of anilines is 1. The molecule has 25 heavy (non-hydrogen) atoms. The van der Waals surface area contributed by atoms with Crippen molar-refractivity contribution in [3.05, 3.63) is 53.6 Å². The maximum Gasteiger partial charge on any atom is 0.260 e. The monoisotopic (exact) mass is 338 g/mol. The standard InChI is InChI=1S/C18H22N6O/c1-21-14-20-17-12-15(2-3-16(17)18(21)25)24-10-8-22(9-11-24)6-7-23-5-4-19-13-23/h2-5,12-14H,6-11H2,1H3. The lowest BCUT2D eigenvalue weighted by atomic mass is 10.2. The summed E-state index contributed by atoms with van der Waals surface area (Å²) in [5, 5.41) is 0.674. The molecule has 1 saturated heterocycles. The fourth-order valence-electron chi connectivity index (χ4n) is 3.30. The molecule has 0 unspecified atom stereocenters. The summed E-state index contributed by atoms with van der Waals surface area (Å²) < 4.78 is 3.63. The number of nitrogens with zero attached hydrogens (tertiary/aromatic N) is 6. The van der Waals surface area contributed by atoms with E-state index >= 15 is 0 Å². The molecule has 0 bridgehead atoms. The first-order chi connectivity index (χ1) is 12.2. The zero-order valence-electron chi connectivity index (χ0n) is 14.4. The van der Waals surface area contributed by atoms with Gasteiger partial charge in [0.05, 0.1) is 23.6 Å². The van der Waals surface area contributed by atoms with Crippen LogP contribution in [0.25, 0.3) is 10.9 Å². The van der Waals surface area contributed by atoms with Crippen LogP contribution >= 0.6 is 0 Å². The highest BCUT2D eigenvalue weighted by atomic mass is 16.1. The van der Waals surface area contributed by atoms with E-state index in [1.165, 1.54) is 4.57 Å². The van der Waals surface area contributed by atoms with E-state index in [1.807, 2.05) is 36.9 Å². The van der Waals surface area contributed by atoms with Crippen LogP contribution in [0.5, 0.6) is 0 Å². The van der Waals surface area contributed by atoms with Crippen LogP contribution in [0.3, 0.4) is 0 Å². The Hall–Kier alpha value is -2.67. The second-order valence-corrected chi connectivity index (χ2v) is 6.49. The number of aromatic nitrogens is 4. The van der Waals surface area contributed by atoms with Crippen LogP contribution in [0.4, 0.5) is 5.69 Å². The summed E-state index contributed by atoms with van der Waals surface area (Å²) in [4.78, 5) is 25.4. The molecule has 0 N–H and O–H groups in total. The van der Waals surface area contributed by atoms with E-state index in [0.29, 0.717) is 5.39 Å². The second kappa shape index (κ2) is 6.68. The van der Waals surface area contributed by atoms with E-state index in [0.717, 1.165) is 50.5 Å². The van der Waals surface area contributed by atoms with Gasteiger partial charge in [0.1, 0.15) is 0 Å². The fourth-order valence-corrected chi connectivity index (χ4v) is 3.30. The SMILES string of the molecule is Cn1cnc2cc(N3CCN(CCn4ccnc4)CC3)ccc2c1=O. The molecule has 0 atom stereocenters. The molecule has 7 nitrogen and oxygen atoms in total. The smallest absolute Gasteiger partial charge is 0.260 e. The molecule has 0 aliphatic carbocycles. The number of hydrogen-bond donors (Lipinski definition) is 0. The van der Waals surface area contributed by atoms with Crippen molar-refractivity contribution in [1.82, 2.24) is 24.0 Å². The number of fused-ring (bicyclic) bond motifs is 1. The predicted octanol–water partition coefficient (Wildman–Crippen LogP) is 0.952. The molecule has 3 heterocycles. The molecule has 4 rings (SSSR count). The molecular weight excluding hydrogens is 316 g/mol. The van der Waals surface area contributed by atoms with E-state index in [2.05, 4.69) is 24.3 Å². The number of hydrogen-bond acceptors (Lipinski definition) is 5. The highest BCUT2D eigenvalue weighted by Crippen LogP contribution is 2.20. The molecule has 2 aromatic heterocycles. The van der Waals surface area contributed by atoms with E-state index in [1.54, 1.807) is 13.4 Å².